The highest BCUT2D eigenvalue weighted by atomic mass is 79.9. The summed E-state index contributed by atoms with van der Waals surface area (Å²) in [6.07, 6.45) is 1.21. The Labute approximate surface area is 122 Å². The summed E-state index contributed by atoms with van der Waals surface area (Å²) in [4.78, 5) is 13.8. The largest absolute Gasteiger partial charge is 0.386 e. The van der Waals surface area contributed by atoms with E-state index in [1.54, 1.807) is 4.90 Å². The van der Waals surface area contributed by atoms with Crippen molar-refractivity contribution in [1.82, 2.24) is 4.90 Å². The summed E-state index contributed by atoms with van der Waals surface area (Å²) in [5, 5.41) is 9.92. The molecule has 1 atom stereocenters. The summed E-state index contributed by atoms with van der Waals surface area (Å²) in [6.45, 7) is 4.98. The Morgan fingerprint density at radius 1 is 1.42 bits per heavy atom. The highest BCUT2D eigenvalue weighted by molar-refractivity contribution is 9.10. The van der Waals surface area contributed by atoms with Gasteiger partial charge in [0.1, 0.15) is 0 Å². The normalized spacial score (nSPS) is 18.8. The van der Waals surface area contributed by atoms with Crippen LogP contribution in [-0.2, 0) is 4.79 Å². The highest BCUT2D eigenvalue weighted by Crippen LogP contribution is 2.27. The first-order chi connectivity index (χ1) is 8.93. The number of amides is 1. The van der Waals surface area contributed by atoms with Crippen molar-refractivity contribution in [3.63, 3.8) is 0 Å². The number of hydrogen-bond acceptors (Lipinski definition) is 2. The Balaban J connectivity index is 1.88. The quantitative estimate of drug-likeness (QED) is 0.924. The third-order valence-electron chi connectivity index (χ3n) is 3.90. The van der Waals surface area contributed by atoms with Gasteiger partial charge in [-0.3, -0.25) is 4.79 Å². The van der Waals surface area contributed by atoms with Crippen LogP contribution >= 0.6 is 15.9 Å². The average molecular weight is 326 g/mol. The maximum absolute atomic E-state index is 12.1. The molecule has 3 nitrogen and oxygen atoms in total. The van der Waals surface area contributed by atoms with Crippen molar-refractivity contribution in [1.29, 1.82) is 0 Å². The van der Waals surface area contributed by atoms with Crippen LogP contribution in [0.3, 0.4) is 0 Å². The first kappa shape index (κ1) is 14.5. The van der Waals surface area contributed by atoms with Crippen molar-refractivity contribution in [3.05, 3.63) is 34.3 Å². The van der Waals surface area contributed by atoms with E-state index >= 15 is 0 Å². The molecule has 1 heterocycles. The van der Waals surface area contributed by atoms with Gasteiger partial charge in [-0.2, -0.15) is 0 Å². The van der Waals surface area contributed by atoms with Crippen LogP contribution in [0.25, 0.3) is 0 Å². The fourth-order valence-electron chi connectivity index (χ4n) is 2.36. The Morgan fingerprint density at radius 3 is 2.53 bits per heavy atom. The van der Waals surface area contributed by atoms with Gasteiger partial charge in [-0.15, -0.1) is 0 Å². The molecule has 0 aliphatic carbocycles. The number of rotatable bonds is 4. The summed E-state index contributed by atoms with van der Waals surface area (Å²) >= 11 is 3.41. The standard InChI is InChI=1S/C15H20BrNO2/c1-3-15(19)9-17(10-15)14(18)8-11(2)12-4-6-13(16)7-5-12/h4-7,11,19H,3,8-10H2,1-2H3. The molecule has 1 aromatic carbocycles. The SMILES string of the molecule is CCC1(O)CN(C(=O)CC(C)c2ccc(Br)cc2)C1. The molecule has 1 aliphatic rings. The smallest absolute Gasteiger partial charge is 0.223 e. The average Bonchev–Trinajstić information content (AvgIpc) is 2.35. The Kier molecular flexibility index (Phi) is 4.31. The summed E-state index contributed by atoms with van der Waals surface area (Å²) in [7, 11) is 0. The zero-order valence-electron chi connectivity index (χ0n) is 11.4. The van der Waals surface area contributed by atoms with E-state index < -0.39 is 5.60 Å². The predicted molar refractivity (Wildman–Crippen MR) is 79.0 cm³/mol. The molecule has 1 aliphatic heterocycles. The molecule has 0 saturated carbocycles. The molecular formula is C15H20BrNO2. The highest BCUT2D eigenvalue weighted by Gasteiger charge is 2.41. The van der Waals surface area contributed by atoms with Gasteiger partial charge in [0, 0.05) is 10.9 Å². The molecule has 2 rings (SSSR count). The summed E-state index contributed by atoms with van der Waals surface area (Å²) in [6, 6.07) is 8.08. The first-order valence-corrected chi connectivity index (χ1v) is 7.48. The summed E-state index contributed by atoms with van der Waals surface area (Å²) in [5.74, 6) is 0.337. The number of carbonyl (C=O) groups is 1. The lowest BCUT2D eigenvalue weighted by Crippen LogP contribution is -2.63. The zero-order valence-corrected chi connectivity index (χ0v) is 13.0. The van der Waals surface area contributed by atoms with Gasteiger partial charge in [0.05, 0.1) is 18.7 Å². The molecule has 0 spiro atoms. The molecule has 4 heteroatoms. The Bertz CT molecular complexity index is 452. The molecule has 104 valence electrons. The van der Waals surface area contributed by atoms with Gasteiger partial charge in [0.2, 0.25) is 5.91 Å². The van der Waals surface area contributed by atoms with Gasteiger partial charge in [0.25, 0.3) is 0 Å². The summed E-state index contributed by atoms with van der Waals surface area (Å²) in [5.41, 5.74) is 0.527. The Morgan fingerprint density at radius 2 is 2.00 bits per heavy atom. The van der Waals surface area contributed by atoms with Crippen LogP contribution in [0.4, 0.5) is 0 Å². The van der Waals surface area contributed by atoms with E-state index in [0.717, 1.165) is 4.47 Å². The summed E-state index contributed by atoms with van der Waals surface area (Å²) < 4.78 is 1.05. The molecule has 1 unspecified atom stereocenters. The van der Waals surface area contributed by atoms with Gasteiger partial charge in [-0.25, -0.2) is 0 Å². The van der Waals surface area contributed by atoms with Crippen molar-refractivity contribution >= 4 is 21.8 Å². The van der Waals surface area contributed by atoms with Crippen LogP contribution in [0.5, 0.6) is 0 Å². The lowest BCUT2D eigenvalue weighted by molar-refractivity contribution is -0.156. The monoisotopic (exact) mass is 325 g/mol. The van der Waals surface area contributed by atoms with Crippen molar-refractivity contribution < 1.29 is 9.90 Å². The minimum Gasteiger partial charge on any atom is -0.386 e. The van der Waals surface area contributed by atoms with Crippen molar-refractivity contribution in [2.45, 2.75) is 38.2 Å². The maximum atomic E-state index is 12.1. The molecule has 0 radical (unpaired) electrons. The third-order valence-corrected chi connectivity index (χ3v) is 4.43. The maximum Gasteiger partial charge on any atom is 0.223 e. The van der Waals surface area contributed by atoms with Crippen molar-refractivity contribution in [2.75, 3.05) is 13.1 Å². The van der Waals surface area contributed by atoms with Gasteiger partial charge in [0.15, 0.2) is 0 Å². The van der Waals surface area contributed by atoms with Crippen LogP contribution in [-0.4, -0.2) is 34.6 Å². The predicted octanol–water partition coefficient (Wildman–Crippen LogP) is 2.93. The van der Waals surface area contributed by atoms with Gasteiger partial charge in [-0.05, 0) is 30.0 Å². The molecular weight excluding hydrogens is 306 g/mol. The van der Waals surface area contributed by atoms with Crippen molar-refractivity contribution in [3.8, 4) is 0 Å². The van der Waals surface area contributed by atoms with E-state index in [9.17, 15) is 9.90 Å². The molecule has 0 aromatic heterocycles. The number of aliphatic hydroxyl groups is 1. The number of carbonyl (C=O) groups excluding carboxylic acids is 1. The van der Waals surface area contributed by atoms with E-state index in [1.807, 2.05) is 31.2 Å². The van der Waals surface area contributed by atoms with E-state index in [4.69, 9.17) is 0 Å². The van der Waals surface area contributed by atoms with Crippen LogP contribution in [0.1, 0.15) is 38.2 Å². The number of benzene rings is 1. The number of nitrogens with zero attached hydrogens (tertiary/aromatic N) is 1. The second-order valence-electron chi connectivity index (χ2n) is 5.48. The van der Waals surface area contributed by atoms with E-state index in [2.05, 4.69) is 22.9 Å². The van der Waals surface area contributed by atoms with Crippen LogP contribution in [0, 0.1) is 0 Å². The topological polar surface area (TPSA) is 40.5 Å². The van der Waals surface area contributed by atoms with E-state index in [0.29, 0.717) is 25.9 Å². The molecule has 19 heavy (non-hydrogen) atoms. The van der Waals surface area contributed by atoms with Gasteiger partial charge < -0.3 is 10.0 Å². The lowest BCUT2D eigenvalue weighted by Gasteiger charge is -2.46. The Hall–Kier alpha value is -0.870. The minimum atomic E-state index is -0.642. The van der Waals surface area contributed by atoms with Crippen LogP contribution in [0.15, 0.2) is 28.7 Å². The van der Waals surface area contributed by atoms with Crippen LogP contribution in [0.2, 0.25) is 0 Å². The van der Waals surface area contributed by atoms with E-state index in [1.165, 1.54) is 5.56 Å². The van der Waals surface area contributed by atoms with Crippen LogP contribution < -0.4 is 0 Å². The number of hydrogen-bond donors (Lipinski definition) is 1. The number of halogens is 1. The molecule has 1 aromatic rings. The first-order valence-electron chi connectivity index (χ1n) is 6.69. The molecule has 0 bridgehead atoms. The second kappa shape index (κ2) is 5.63. The molecule has 1 fully saturated rings. The number of likely N-dealkylation sites (tertiary alicyclic amines) is 1. The number of β-amino-alcohol motifs (C(OH)–C–C–N with tert-alkyl or cyclic N) is 1. The third kappa shape index (κ3) is 3.37. The fourth-order valence-corrected chi connectivity index (χ4v) is 2.63. The molecule has 1 saturated heterocycles. The van der Waals surface area contributed by atoms with Gasteiger partial charge in [-0.1, -0.05) is 41.9 Å². The molecule has 1 amide bonds. The second-order valence-corrected chi connectivity index (χ2v) is 6.40. The fraction of sp³-hybridized carbons (Fsp3) is 0.533. The van der Waals surface area contributed by atoms with E-state index in [-0.39, 0.29) is 11.8 Å². The van der Waals surface area contributed by atoms with Crippen molar-refractivity contribution in [2.24, 2.45) is 0 Å². The minimum absolute atomic E-state index is 0.133. The molecule has 1 N–H and O–H groups in total. The van der Waals surface area contributed by atoms with Gasteiger partial charge >= 0.3 is 0 Å². The zero-order chi connectivity index (χ0) is 14.0. The lowest BCUT2D eigenvalue weighted by atomic mass is 9.89.